The Labute approximate surface area is 175 Å². The molecule has 0 spiro atoms. The minimum absolute atomic E-state index is 0. The van der Waals surface area contributed by atoms with E-state index in [2.05, 4.69) is 21.9 Å². The van der Waals surface area contributed by atoms with E-state index >= 15 is 0 Å². The minimum atomic E-state index is -0.479. The molecule has 0 radical (unpaired) electrons. The summed E-state index contributed by atoms with van der Waals surface area (Å²) in [4.78, 5) is 17.7. The molecule has 0 bridgehead atoms. The van der Waals surface area contributed by atoms with Crippen LogP contribution >= 0.6 is 24.8 Å². The lowest BCUT2D eigenvalue weighted by Crippen LogP contribution is -2.50. The summed E-state index contributed by atoms with van der Waals surface area (Å²) in [6, 6.07) is 10.2. The highest BCUT2D eigenvalue weighted by atomic mass is 35.5. The molecule has 2 fully saturated rings. The summed E-state index contributed by atoms with van der Waals surface area (Å²) in [6.07, 6.45) is 1.66. The Morgan fingerprint density at radius 2 is 1.56 bits per heavy atom. The number of hydrogen-bond donors (Lipinski definition) is 0. The zero-order valence-corrected chi connectivity index (χ0v) is 17.7. The molecule has 1 aromatic rings. The van der Waals surface area contributed by atoms with Gasteiger partial charge in [-0.05, 0) is 38.4 Å². The van der Waals surface area contributed by atoms with E-state index in [9.17, 15) is 4.79 Å². The van der Waals surface area contributed by atoms with Gasteiger partial charge in [0.05, 0.1) is 25.2 Å². The minimum Gasteiger partial charge on any atom is -0.465 e. The van der Waals surface area contributed by atoms with E-state index in [1.54, 1.807) is 0 Å². The smallest absolute Gasteiger partial charge is 0.316 e. The molecule has 3 rings (SSSR count). The van der Waals surface area contributed by atoms with Gasteiger partial charge in [0.2, 0.25) is 0 Å². The van der Waals surface area contributed by atoms with Crippen LogP contribution in [0.25, 0.3) is 0 Å². The molecular formula is C20H32Cl2N2O3. The number of esters is 1. The first kappa shape index (κ1) is 24.2. The molecule has 1 aromatic carbocycles. The summed E-state index contributed by atoms with van der Waals surface area (Å²) in [6.45, 7) is 10.1. The van der Waals surface area contributed by atoms with Crippen molar-refractivity contribution < 1.29 is 14.3 Å². The van der Waals surface area contributed by atoms with Crippen molar-refractivity contribution in [2.45, 2.75) is 25.2 Å². The van der Waals surface area contributed by atoms with Crippen molar-refractivity contribution in [3.05, 3.63) is 35.9 Å². The van der Waals surface area contributed by atoms with Gasteiger partial charge in [-0.25, -0.2) is 0 Å². The number of benzene rings is 1. The van der Waals surface area contributed by atoms with Crippen LogP contribution in [0, 0.1) is 0 Å². The van der Waals surface area contributed by atoms with Gasteiger partial charge in [-0.3, -0.25) is 9.69 Å². The number of carbonyl (C=O) groups excluding carboxylic acids is 1. The predicted molar refractivity (Wildman–Crippen MR) is 112 cm³/mol. The van der Waals surface area contributed by atoms with Gasteiger partial charge in [-0.2, -0.15) is 0 Å². The topological polar surface area (TPSA) is 42.0 Å². The fourth-order valence-corrected chi connectivity index (χ4v) is 3.90. The van der Waals surface area contributed by atoms with E-state index in [0.29, 0.717) is 6.61 Å². The van der Waals surface area contributed by atoms with Gasteiger partial charge in [-0.1, -0.05) is 30.3 Å². The number of likely N-dealkylation sites (tertiary alicyclic amines) is 1. The Morgan fingerprint density at radius 3 is 2.11 bits per heavy atom. The van der Waals surface area contributed by atoms with Crippen molar-refractivity contribution in [2.75, 3.05) is 59.1 Å². The van der Waals surface area contributed by atoms with E-state index in [4.69, 9.17) is 9.47 Å². The van der Waals surface area contributed by atoms with Crippen molar-refractivity contribution in [1.29, 1.82) is 0 Å². The standard InChI is InChI=1S/C20H30N2O3.2ClH/c1-2-25-19(23)20(18-6-4-3-5-7-18)8-10-21(11-9-20)12-13-22-14-16-24-17-15-22;;/h3-7H,2,8-17H2,1H3;2*1H. The van der Waals surface area contributed by atoms with Gasteiger partial charge < -0.3 is 14.4 Å². The summed E-state index contributed by atoms with van der Waals surface area (Å²) in [5, 5.41) is 0. The van der Waals surface area contributed by atoms with Gasteiger partial charge >= 0.3 is 5.97 Å². The number of ether oxygens (including phenoxy) is 2. The van der Waals surface area contributed by atoms with Crippen molar-refractivity contribution in [1.82, 2.24) is 9.80 Å². The highest BCUT2D eigenvalue weighted by Gasteiger charge is 2.44. The molecule has 0 saturated carbocycles. The maximum absolute atomic E-state index is 12.8. The lowest BCUT2D eigenvalue weighted by Gasteiger charge is -2.41. The Kier molecular flexibility index (Phi) is 10.6. The number of rotatable bonds is 6. The molecule has 2 aliphatic heterocycles. The number of nitrogens with zero attached hydrogens (tertiary/aromatic N) is 2. The zero-order valence-electron chi connectivity index (χ0n) is 16.1. The first-order valence-electron chi connectivity index (χ1n) is 9.50. The van der Waals surface area contributed by atoms with Gasteiger partial charge in [0, 0.05) is 26.2 Å². The first-order valence-corrected chi connectivity index (χ1v) is 9.50. The molecule has 0 aromatic heterocycles. The lowest BCUT2D eigenvalue weighted by molar-refractivity contribution is -0.152. The summed E-state index contributed by atoms with van der Waals surface area (Å²) >= 11 is 0. The van der Waals surface area contributed by atoms with Gasteiger partial charge in [0.1, 0.15) is 0 Å². The first-order chi connectivity index (χ1) is 12.2. The van der Waals surface area contributed by atoms with Crippen LogP contribution in [0.4, 0.5) is 0 Å². The summed E-state index contributed by atoms with van der Waals surface area (Å²) < 4.78 is 10.9. The number of carbonyl (C=O) groups is 1. The number of morpholine rings is 1. The van der Waals surface area contributed by atoms with Crippen LogP contribution in [0.5, 0.6) is 0 Å². The molecule has 0 atom stereocenters. The third kappa shape index (κ3) is 6.06. The summed E-state index contributed by atoms with van der Waals surface area (Å²) in [5.41, 5.74) is 0.619. The fraction of sp³-hybridized carbons (Fsp3) is 0.650. The molecular weight excluding hydrogens is 387 g/mol. The van der Waals surface area contributed by atoms with Crippen LogP contribution in [0.3, 0.4) is 0 Å². The third-order valence-corrected chi connectivity index (χ3v) is 5.54. The predicted octanol–water partition coefficient (Wildman–Crippen LogP) is 2.76. The molecule has 0 amide bonds. The molecule has 2 heterocycles. The summed E-state index contributed by atoms with van der Waals surface area (Å²) in [5.74, 6) is -0.0611. The van der Waals surface area contributed by atoms with Crippen LogP contribution in [0.1, 0.15) is 25.3 Å². The van der Waals surface area contributed by atoms with Crippen LogP contribution in [-0.4, -0.2) is 74.9 Å². The van der Waals surface area contributed by atoms with E-state index in [1.807, 2.05) is 25.1 Å². The largest absolute Gasteiger partial charge is 0.465 e. The third-order valence-electron chi connectivity index (χ3n) is 5.54. The Morgan fingerprint density at radius 1 is 1.00 bits per heavy atom. The normalized spacial score (nSPS) is 20.2. The van der Waals surface area contributed by atoms with E-state index in [1.165, 1.54) is 0 Å². The highest BCUT2D eigenvalue weighted by Crippen LogP contribution is 2.36. The number of hydrogen-bond acceptors (Lipinski definition) is 5. The van der Waals surface area contributed by atoms with Crippen molar-refractivity contribution in [3.63, 3.8) is 0 Å². The number of piperidine rings is 1. The molecule has 2 saturated heterocycles. The van der Waals surface area contributed by atoms with Crippen molar-refractivity contribution in [2.24, 2.45) is 0 Å². The average Bonchev–Trinajstić information content (AvgIpc) is 2.68. The Bertz CT molecular complexity index is 545. The molecule has 0 aliphatic carbocycles. The second-order valence-corrected chi connectivity index (χ2v) is 6.96. The Balaban J connectivity index is 0.00000182. The summed E-state index contributed by atoms with van der Waals surface area (Å²) in [7, 11) is 0. The fourth-order valence-electron chi connectivity index (χ4n) is 3.90. The van der Waals surface area contributed by atoms with Crippen LogP contribution in [0.15, 0.2) is 30.3 Å². The molecule has 154 valence electrons. The second-order valence-electron chi connectivity index (χ2n) is 6.96. The quantitative estimate of drug-likeness (QED) is 0.664. The van der Waals surface area contributed by atoms with Gasteiger partial charge in [0.25, 0.3) is 0 Å². The van der Waals surface area contributed by atoms with Crippen molar-refractivity contribution in [3.8, 4) is 0 Å². The van der Waals surface area contributed by atoms with Gasteiger partial charge in [0.15, 0.2) is 0 Å². The van der Waals surface area contributed by atoms with Crippen LogP contribution in [0.2, 0.25) is 0 Å². The average molecular weight is 419 g/mol. The zero-order chi connectivity index (χ0) is 17.5. The lowest BCUT2D eigenvalue weighted by atomic mass is 9.72. The van der Waals surface area contributed by atoms with Crippen molar-refractivity contribution >= 4 is 30.8 Å². The SMILES string of the molecule is CCOC(=O)C1(c2ccccc2)CCN(CCN2CCOCC2)CC1.Cl.Cl. The number of halogens is 2. The van der Waals surface area contributed by atoms with E-state index in [0.717, 1.165) is 70.9 Å². The highest BCUT2D eigenvalue weighted by molar-refractivity contribution is 5.85. The van der Waals surface area contributed by atoms with E-state index in [-0.39, 0.29) is 30.8 Å². The van der Waals surface area contributed by atoms with E-state index < -0.39 is 5.41 Å². The second kappa shape index (κ2) is 11.9. The maximum atomic E-state index is 12.8. The molecule has 2 aliphatic rings. The molecule has 27 heavy (non-hydrogen) atoms. The molecule has 0 N–H and O–H groups in total. The van der Waals surface area contributed by atoms with Crippen LogP contribution in [-0.2, 0) is 19.7 Å². The molecule has 5 nitrogen and oxygen atoms in total. The molecule has 7 heteroatoms. The monoisotopic (exact) mass is 418 g/mol. The maximum Gasteiger partial charge on any atom is 0.316 e. The van der Waals surface area contributed by atoms with Crippen LogP contribution < -0.4 is 0 Å². The van der Waals surface area contributed by atoms with Gasteiger partial charge in [-0.15, -0.1) is 24.8 Å². The molecule has 0 unspecified atom stereocenters. The Hall–Kier alpha value is -0.850.